The number of likely N-dealkylation sites (tertiary alicyclic amines) is 1. The minimum absolute atomic E-state index is 0.136. The summed E-state index contributed by atoms with van der Waals surface area (Å²) in [4.78, 5) is 22.3. The third kappa shape index (κ3) is 2.76. The maximum absolute atomic E-state index is 12.4. The largest absolute Gasteiger partial charge is 0.491 e. The molecule has 0 aromatic carbocycles. The van der Waals surface area contributed by atoms with Crippen LogP contribution in [0.25, 0.3) is 0 Å². The van der Waals surface area contributed by atoms with E-state index in [2.05, 4.69) is 15.3 Å². The van der Waals surface area contributed by atoms with Crippen LogP contribution in [0.4, 0.5) is 5.82 Å². The predicted octanol–water partition coefficient (Wildman–Crippen LogP) is 0.0902. The first-order valence-corrected chi connectivity index (χ1v) is 6.29. The molecule has 0 spiro atoms. The van der Waals surface area contributed by atoms with Crippen molar-refractivity contribution in [2.24, 2.45) is 5.73 Å². The second-order valence-corrected chi connectivity index (χ2v) is 4.48. The van der Waals surface area contributed by atoms with E-state index in [4.69, 9.17) is 10.5 Å². The number of hydrogen-bond donors (Lipinski definition) is 2. The molecule has 2 rings (SSSR count). The van der Waals surface area contributed by atoms with Crippen LogP contribution in [0.1, 0.15) is 23.3 Å². The lowest BCUT2D eigenvalue weighted by atomic mass is 10.1. The number of nitrogens with two attached hydrogens (primary N) is 1. The van der Waals surface area contributed by atoms with E-state index < -0.39 is 0 Å². The second-order valence-electron chi connectivity index (χ2n) is 4.48. The topological polar surface area (TPSA) is 93.4 Å². The van der Waals surface area contributed by atoms with Crippen molar-refractivity contribution in [2.45, 2.75) is 18.9 Å². The van der Waals surface area contributed by atoms with Gasteiger partial charge in [0.2, 0.25) is 0 Å². The third-order valence-electron chi connectivity index (χ3n) is 3.27. The summed E-state index contributed by atoms with van der Waals surface area (Å²) >= 11 is 0. The van der Waals surface area contributed by atoms with Crippen LogP contribution < -0.4 is 15.8 Å². The molecule has 0 radical (unpaired) electrons. The fourth-order valence-corrected chi connectivity index (χ4v) is 2.15. The molecule has 1 aromatic rings. The van der Waals surface area contributed by atoms with E-state index in [1.165, 1.54) is 13.4 Å². The van der Waals surface area contributed by atoms with Gasteiger partial charge in [0.25, 0.3) is 5.91 Å². The van der Waals surface area contributed by atoms with Crippen molar-refractivity contribution in [2.75, 3.05) is 32.6 Å². The highest BCUT2D eigenvalue weighted by Crippen LogP contribution is 2.26. The Hall–Kier alpha value is -1.89. The average molecular weight is 265 g/mol. The minimum atomic E-state index is -0.136. The molecule has 19 heavy (non-hydrogen) atoms. The molecule has 1 saturated heterocycles. The molecular formula is C12H19N5O2. The van der Waals surface area contributed by atoms with Crippen molar-refractivity contribution in [3.63, 3.8) is 0 Å². The van der Waals surface area contributed by atoms with Crippen molar-refractivity contribution in [3.8, 4) is 5.75 Å². The van der Waals surface area contributed by atoms with Gasteiger partial charge in [-0.05, 0) is 12.8 Å². The molecule has 1 aliphatic rings. The van der Waals surface area contributed by atoms with Crippen LogP contribution in [0.3, 0.4) is 0 Å². The average Bonchev–Trinajstić information content (AvgIpc) is 2.46. The van der Waals surface area contributed by atoms with Crippen LogP contribution in [-0.4, -0.2) is 54.1 Å². The molecule has 1 fully saturated rings. The molecule has 7 nitrogen and oxygen atoms in total. The summed E-state index contributed by atoms with van der Waals surface area (Å²) in [5.74, 6) is 0.752. The molecule has 0 bridgehead atoms. The van der Waals surface area contributed by atoms with Crippen LogP contribution in [0, 0.1) is 0 Å². The van der Waals surface area contributed by atoms with E-state index in [1.54, 1.807) is 11.9 Å². The first kappa shape index (κ1) is 13.5. The smallest absolute Gasteiger partial charge is 0.276 e. The predicted molar refractivity (Wildman–Crippen MR) is 71.2 cm³/mol. The van der Waals surface area contributed by atoms with Gasteiger partial charge in [0.05, 0.1) is 7.11 Å². The number of ether oxygens (including phenoxy) is 1. The highest BCUT2D eigenvalue weighted by molar-refractivity contribution is 5.96. The molecular weight excluding hydrogens is 246 g/mol. The van der Waals surface area contributed by atoms with Crippen molar-refractivity contribution in [1.29, 1.82) is 0 Å². The van der Waals surface area contributed by atoms with Crippen LogP contribution in [-0.2, 0) is 0 Å². The van der Waals surface area contributed by atoms with E-state index >= 15 is 0 Å². The Morgan fingerprint density at radius 2 is 2.16 bits per heavy atom. The molecule has 104 valence electrons. The molecule has 1 aromatic heterocycles. The molecule has 2 heterocycles. The molecule has 1 amide bonds. The number of nitrogens with one attached hydrogen (secondary N) is 1. The van der Waals surface area contributed by atoms with Crippen molar-refractivity contribution >= 4 is 11.7 Å². The Labute approximate surface area is 112 Å². The summed E-state index contributed by atoms with van der Waals surface area (Å²) in [5, 5.41) is 2.88. The second kappa shape index (κ2) is 5.83. The monoisotopic (exact) mass is 265 g/mol. The number of hydrogen-bond acceptors (Lipinski definition) is 6. The Morgan fingerprint density at radius 1 is 1.47 bits per heavy atom. The Kier molecular flexibility index (Phi) is 4.16. The summed E-state index contributed by atoms with van der Waals surface area (Å²) < 4.78 is 5.24. The number of nitrogens with zero attached hydrogens (tertiary/aromatic N) is 3. The Balaban J connectivity index is 2.23. The van der Waals surface area contributed by atoms with Gasteiger partial charge >= 0.3 is 0 Å². The van der Waals surface area contributed by atoms with Gasteiger partial charge in [0.1, 0.15) is 6.33 Å². The van der Waals surface area contributed by atoms with E-state index in [0.29, 0.717) is 24.7 Å². The number of aromatic nitrogens is 2. The van der Waals surface area contributed by atoms with E-state index in [-0.39, 0.29) is 17.6 Å². The molecule has 3 N–H and O–H groups in total. The Morgan fingerprint density at radius 3 is 2.74 bits per heavy atom. The first-order valence-electron chi connectivity index (χ1n) is 6.29. The zero-order valence-corrected chi connectivity index (χ0v) is 11.2. The van der Waals surface area contributed by atoms with Gasteiger partial charge in [-0.2, -0.15) is 0 Å². The fraction of sp³-hybridized carbons (Fsp3) is 0.583. The number of amides is 1. The lowest BCUT2D eigenvalue weighted by Gasteiger charge is -2.30. The van der Waals surface area contributed by atoms with Gasteiger partial charge in [-0.25, -0.2) is 9.97 Å². The summed E-state index contributed by atoms with van der Waals surface area (Å²) in [7, 11) is 3.22. The van der Waals surface area contributed by atoms with Gasteiger partial charge in [-0.15, -0.1) is 0 Å². The summed E-state index contributed by atoms with van der Waals surface area (Å²) in [6.07, 6.45) is 2.99. The number of carbonyl (C=O) groups is 1. The van der Waals surface area contributed by atoms with Crippen LogP contribution >= 0.6 is 0 Å². The fourth-order valence-electron chi connectivity index (χ4n) is 2.15. The number of methoxy groups -OCH3 is 1. The summed E-state index contributed by atoms with van der Waals surface area (Å²) in [6.45, 7) is 1.31. The maximum atomic E-state index is 12.4. The SMILES string of the molecule is CNc1ncnc(C(=O)N2CCC(N)CC2)c1OC. The lowest BCUT2D eigenvalue weighted by molar-refractivity contribution is 0.0705. The quantitative estimate of drug-likeness (QED) is 0.804. The lowest BCUT2D eigenvalue weighted by Crippen LogP contribution is -2.43. The normalized spacial score (nSPS) is 16.3. The number of carbonyl (C=O) groups excluding carboxylic acids is 1. The number of rotatable bonds is 3. The third-order valence-corrected chi connectivity index (χ3v) is 3.27. The van der Waals surface area contributed by atoms with Crippen LogP contribution in [0.2, 0.25) is 0 Å². The molecule has 0 saturated carbocycles. The van der Waals surface area contributed by atoms with E-state index in [0.717, 1.165) is 12.8 Å². The highest BCUT2D eigenvalue weighted by atomic mass is 16.5. The van der Waals surface area contributed by atoms with E-state index in [1.807, 2.05) is 0 Å². The van der Waals surface area contributed by atoms with Gasteiger partial charge in [-0.1, -0.05) is 0 Å². The van der Waals surface area contributed by atoms with Gasteiger partial charge in [-0.3, -0.25) is 4.79 Å². The molecule has 0 aliphatic carbocycles. The number of piperidine rings is 1. The minimum Gasteiger partial charge on any atom is -0.491 e. The molecule has 0 atom stereocenters. The van der Waals surface area contributed by atoms with Crippen molar-refractivity contribution < 1.29 is 9.53 Å². The summed E-state index contributed by atoms with van der Waals surface area (Å²) in [5.41, 5.74) is 6.13. The van der Waals surface area contributed by atoms with E-state index in [9.17, 15) is 4.79 Å². The Bertz CT molecular complexity index is 457. The molecule has 1 aliphatic heterocycles. The van der Waals surface area contributed by atoms with Crippen LogP contribution in [0.5, 0.6) is 5.75 Å². The molecule has 0 unspecified atom stereocenters. The summed E-state index contributed by atoms with van der Waals surface area (Å²) in [6, 6.07) is 0.184. The van der Waals surface area contributed by atoms with Gasteiger partial charge in [0, 0.05) is 26.2 Å². The van der Waals surface area contributed by atoms with Gasteiger partial charge < -0.3 is 20.7 Å². The van der Waals surface area contributed by atoms with Crippen molar-refractivity contribution in [1.82, 2.24) is 14.9 Å². The standard InChI is InChI=1S/C12H19N5O2/c1-14-11-10(19-2)9(15-7-16-11)12(18)17-5-3-8(13)4-6-17/h7-8H,3-6,13H2,1-2H3,(H,14,15,16). The number of anilines is 1. The highest BCUT2D eigenvalue weighted by Gasteiger charge is 2.26. The first-order chi connectivity index (χ1) is 9.17. The maximum Gasteiger partial charge on any atom is 0.276 e. The van der Waals surface area contributed by atoms with Crippen molar-refractivity contribution in [3.05, 3.63) is 12.0 Å². The zero-order chi connectivity index (χ0) is 13.8. The molecule has 7 heteroatoms. The van der Waals surface area contributed by atoms with Gasteiger partial charge in [0.15, 0.2) is 17.3 Å². The zero-order valence-electron chi connectivity index (χ0n) is 11.2. The van der Waals surface area contributed by atoms with Crippen LogP contribution in [0.15, 0.2) is 6.33 Å².